The summed E-state index contributed by atoms with van der Waals surface area (Å²) in [5, 5.41) is 10.7. The lowest BCUT2D eigenvalue weighted by Gasteiger charge is -2.38. The van der Waals surface area contributed by atoms with Crippen LogP contribution in [0.3, 0.4) is 0 Å². The number of nitrogens with zero attached hydrogens (tertiary/aromatic N) is 2. The van der Waals surface area contributed by atoms with Crippen LogP contribution in [0.4, 0.5) is 0 Å². The van der Waals surface area contributed by atoms with E-state index in [9.17, 15) is 8.42 Å². The molecule has 1 saturated heterocycles. The molecule has 0 aromatic heterocycles. The van der Waals surface area contributed by atoms with Gasteiger partial charge >= 0.3 is 0 Å². The number of piperidine rings is 1. The average Bonchev–Trinajstić information content (AvgIpc) is 2.43. The van der Waals surface area contributed by atoms with Crippen molar-refractivity contribution in [3.05, 3.63) is 29.3 Å². The summed E-state index contributed by atoms with van der Waals surface area (Å²) < 4.78 is 25.0. The van der Waals surface area contributed by atoms with Crippen LogP contribution in [0.2, 0.25) is 0 Å². The Morgan fingerprint density at radius 3 is 2.43 bits per heavy atom. The fraction of sp³-hybridized carbons (Fsp3) is 0.533. The number of nitrogens with one attached hydrogen (secondary N) is 1. The van der Waals surface area contributed by atoms with E-state index in [0.717, 1.165) is 19.3 Å². The molecular weight excluding hydrogens is 286 g/mol. The van der Waals surface area contributed by atoms with Crippen molar-refractivity contribution in [1.29, 1.82) is 5.26 Å². The van der Waals surface area contributed by atoms with Gasteiger partial charge in [0, 0.05) is 12.1 Å². The molecule has 0 bridgehead atoms. The zero-order valence-corrected chi connectivity index (χ0v) is 13.4. The zero-order chi connectivity index (χ0) is 15.6. The molecule has 1 aromatic carbocycles. The maximum Gasteiger partial charge on any atom is 0.253 e. The van der Waals surface area contributed by atoms with E-state index in [1.807, 2.05) is 24.9 Å². The molecular formula is C15H21N3O2S. The van der Waals surface area contributed by atoms with Crippen LogP contribution in [-0.2, 0) is 10.0 Å². The summed E-state index contributed by atoms with van der Waals surface area (Å²) in [6.07, 6.45) is 3.09. The molecule has 1 aliphatic rings. The molecule has 0 radical (unpaired) electrons. The van der Waals surface area contributed by atoms with Crippen LogP contribution in [0.1, 0.15) is 44.2 Å². The van der Waals surface area contributed by atoms with Gasteiger partial charge in [-0.15, -0.1) is 4.83 Å². The van der Waals surface area contributed by atoms with E-state index in [2.05, 4.69) is 4.83 Å². The lowest BCUT2D eigenvalue weighted by atomic mass is 10.0. The summed E-state index contributed by atoms with van der Waals surface area (Å²) in [5.41, 5.74) is 1.16. The smallest absolute Gasteiger partial charge is 0.225 e. The molecule has 6 heteroatoms. The van der Waals surface area contributed by atoms with Crippen LogP contribution in [0.5, 0.6) is 0 Å². The van der Waals surface area contributed by atoms with Gasteiger partial charge in [0.2, 0.25) is 0 Å². The molecule has 0 saturated carbocycles. The van der Waals surface area contributed by atoms with Crippen LogP contribution >= 0.6 is 0 Å². The Labute approximate surface area is 126 Å². The number of aryl methyl sites for hydroxylation is 1. The van der Waals surface area contributed by atoms with Crippen LogP contribution in [0.15, 0.2) is 23.1 Å². The number of nitriles is 1. The Morgan fingerprint density at radius 2 is 1.90 bits per heavy atom. The van der Waals surface area contributed by atoms with Crippen molar-refractivity contribution in [3.8, 4) is 6.07 Å². The lowest BCUT2D eigenvalue weighted by molar-refractivity contribution is 0.0790. The Balaban J connectivity index is 2.26. The van der Waals surface area contributed by atoms with Gasteiger partial charge < -0.3 is 0 Å². The Bertz CT molecular complexity index is 654. The van der Waals surface area contributed by atoms with Crippen molar-refractivity contribution in [2.24, 2.45) is 0 Å². The average molecular weight is 307 g/mol. The van der Waals surface area contributed by atoms with Crippen molar-refractivity contribution in [3.63, 3.8) is 0 Å². The SMILES string of the molecule is Cc1cc(S(=O)(=O)NN2C(C)CCCC2C)ccc1C#N. The molecule has 0 aliphatic carbocycles. The van der Waals surface area contributed by atoms with Gasteiger partial charge in [-0.3, -0.25) is 0 Å². The molecule has 5 nitrogen and oxygen atoms in total. The monoisotopic (exact) mass is 307 g/mol. The van der Waals surface area contributed by atoms with E-state index in [0.29, 0.717) is 11.1 Å². The Hall–Kier alpha value is -1.42. The maximum absolute atomic E-state index is 12.5. The van der Waals surface area contributed by atoms with E-state index in [1.54, 1.807) is 19.1 Å². The predicted molar refractivity (Wildman–Crippen MR) is 80.8 cm³/mol. The van der Waals surface area contributed by atoms with Crippen molar-refractivity contribution in [2.45, 2.75) is 57.0 Å². The number of hydrogen-bond acceptors (Lipinski definition) is 4. The van der Waals surface area contributed by atoms with Gasteiger partial charge in [-0.05, 0) is 57.4 Å². The molecule has 2 atom stereocenters. The summed E-state index contributed by atoms with van der Waals surface area (Å²) >= 11 is 0. The molecule has 2 rings (SSSR count). The molecule has 114 valence electrons. The minimum Gasteiger partial charge on any atom is -0.225 e. The van der Waals surface area contributed by atoms with Crippen molar-refractivity contribution < 1.29 is 8.42 Å². The van der Waals surface area contributed by atoms with Gasteiger partial charge in [0.25, 0.3) is 10.0 Å². The van der Waals surface area contributed by atoms with Crippen LogP contribution < -0.4 is 4.83 Å². The second-order valence-electron chi connectivity index (χ2n) is 5.72. The van der Waals surface area contributed by atoms with Crippen LogP contribution in [0.25, 0.3) is 0 Å². The summed E-state index contributed by atoms with van der Waals surface area (Å²) in [5.74, 6) is 0. The Kier molecular flexibility index (Phi) is 4.67. The van der Waals surface area contributed by atoms with Gasteiger partial charge in [-0.2, -0.15) is 5.26 Å². The molecule has 2 unspecified atom stereocenters. The minimum atomic E-state index is -3.61. The van der Waals surface area contributed by atoms with Gasteiger partial charge in [0.1, 0.15) is 0 Å². The Morgan fingerprint density at radius 1 is 1.29 bits per heavy atom. The summed E-state index contributed by atoms with van der Waals surface area (Å²) in [6.45, 7) is 5.80. The topological polar surface area (TPSA) is 73.2 Å². The number of rotatable bonds is 3. The predicted octanol–water partition coefficient (Wildman–Crippen LogP) is 2.32. The molecule has 1 fully saturated rings. The zero-order valence-electron chi connectivity index (χ0n) is 12.6. The van der Waals surface area contributed by atoms with Crippen LogP contribution in [0, 0.1) is 18.3 Å². The number of sulfonamides is 1. The largest absolute Gasteiger partial charge is 0.253 e. The highest BCUT2D eigenvalue weighted by atomic mass is 32.2. The number of benzene rings is 1. The van der Waals surface area contributed by atoms with E-state index in [4.69, 9.17) is 5.26 Å². The first-order valence-corrected chi connectivity index (χ1v) is 8.65. The van der Waals surface area contributed by atoms with Gasteiger partial charge in [0.05, 0.1) is 16.5 Å². The van der Waals surface area contributed by atoms with Gasteiger partial charge in [-0.1, -0.05) is 6.42 Å². The highest BCUT2D eigenvalue weighted by molar-refractivity contribution is 7.89. The van der Waals surface area contributed by atoms with E-state index in [-0.39, 0.29) is 17.0 Å². The van der Waals surface area contributed by atoms with Crippen molar-refractivity contribution >= 4 is 10.0 Å². The first-order chi connectivity index (χ1) is 9.85. The maximum atomic E-state index is 12.5. The van der Waals surface area contributed by atoms with E-state index >= 15 is 0 Å². The fourth-order valence-electron chi connectivity index (χ4n) is 2.72. The first kappa shape index (κ1) is 16.0. The van der Waals surface area contributed by atoms with E-state index < -0.39 is 10.0 Å². The van der Waals surface area contributed by atoms with Crippen molar-refractivity contribution in [1.82, 2.24) is 9.84 Å². The summed E-state index contributed by atoms with van der Waals surface area (Å²) in [4.78, 5) is 2.90. The van der Waals surface area contributed by atoms with Crippen LogP contribution in [-0.4, -0.2) is 25.5 Å². The fourth-order valence-corrected chi connectivity index (χ4v) is 4.04. The summed E-state index contributed by atoms with van der Waals surface area (Å²) in [7, 11) is -3.61. The number of hydrogen-bond donors (Lipinski definition) is 1. The second kappa shape index (κ2) is 6.14. The molecule has 0 amide bonds. The molecule has 1 heterocycles. The highest BCUT2D eigenvalue weighted by Gasteiger charge is 2.29. The van der Waals surface area contributed by atoms with E-state index in [1.165, 1.54) is 6.07 Å². The van der Waals surface area contributed by atoms with Crippen molar-refractivity contribution in [2.75, 3.05) is 0 Å². The normalized spacial score (nSPS) is 23.7. The molecule has 1 N–H and O–H groups in total. The standard InChI is InChI=1S/C15H21N3O2S/c1-11-9-15(8-7-14(11)10-16)21(19,20)17-18-12(2)5-4-6-13(18)3/h7-9,12-13,17H,4-6H2,1-3H3. The third-order valence-electron chi connectivity index (χ3n) is 4.05. The van der Waals surface area contributed by atoms with Gasteiger partial charge in [-0.25, -0.2) is 13.4 Å². The number of hydrazine groups is 1. The van der Waals surface area contributed by atoms with Gasteiger partial charge in [0.15, 0.2) is 0 Å². The summed E-state index contributed by atoms with van der Waals surface area (Å²) in [6, 6.07) is 6.98. The first-order valence-electron chi connectivity index (χ1n) is 7.16. The lowest BCUT2D eigenvalue weighted by Crippen LogP contribution is -2.53. The molecule has 1 aromatic rings. The molecule has 1 aliphatic heterocycles. The second-order valence-corrected chi connectivity index (χ2v) is 7.38. The quantitative estimate of drug-likeness (QED) is 0.930. The third kappa shape index (κ3) is 3.43. The molecule has 21 heavy (non-hydrogen) atoms. The minimum absolute atomic E-state index is 0.183. The third-order valence-corrected chi connectivity index (χ3v) is 5.37. The molecule has 0 spiro atoms. The highest BCUT2D eigenvalue weighted by Crippen LogP contribution is 2.22.